The van der Waals surface area contributed by atoms with E-state index in [9.17, 15) is 9.59 Å². The summed E-state index contributed by atoms with van der Waals surface area (Å²) in [5.41, 5.74) is 0. The standard InChI is InChI=1S/C15H29NO3/c1-3-5-6-7-8-9-10-11-12-13-16(14-17)15(18)19-4-2/h14H,3-13H2,1-2H3. The number of hydrogen-bond acceptors (Lipinski definition) is 3. The maximum absolute atomic E-state index is 11.3. The van der Waals surface area contributed by atoms with E-state index in [2.05, 4.69) is 6.92 Å². The Labute approximate surface area is 117 Å². The maximum Gasteiger partial charge on any atom is 0.416 e. The molecule has 0 fully saturated rings. The molecule has 19 heavy (non-hydrogen) atoms. The number of carbonyl (C=O) groups excluding carboxylic acids is 2. The normalized spacial score (nSPS) is 10.2. The predicted molar refractivity (Wildman–Crippen MR) is 77.0 cm³/mol. The summed E-state index contributed by atoms with van der Waals surface area (Å²) < 4.78 is 4.78. The Hall–Kier alpha value is -1.06. The molecule has 0 aromatic carbocycles. The minimum absolute atomic E-state index is 0.306. The Kier molecular flexibility index (Phi) is 12.6. The summed E-state index contributed by atoms with van der Waals surface area (Å²) in [6.07, 6.45) is 11.0. The molecule has 2 amide bonds. The lowest BCUT2D eigenvalue weighted by atomic mass is 10.1. The highest BCUT2D eigenvalue weighted by Gasteiger charge is 2.12. The van der Waals surface area contributed by atoms with E-state index in [1.807, 2.05) is 0 Å². The molecule has 0 aromatic heterocycles. The molecule has 0 atom stereocenters. The highest BCUT2D eigenvalue weighted by Crippen LogP contribution is 2.09. The predicted octanol–water partition coefficient (Wildman–Crippen LogP) is 4.13. The van der Waals surface area contributed by atoms with Crippen LogP contribution in [-0.4, -0.2) is 30.6 Å². The van der Waals surface area contributed by atoms with E-state index < -0.39 is 6.09 Å². The van der Waals surface area contributed by atoms with Crippen LogP contribution in [0.1, 0.15) is 71.6 Å². The molecular formula is C15H29NO3. The summed E-state index contributed by atoms with van der Waals surface area (Å²) in [4.78, 5) is 23.1. The zero-order chi connectivity index (χ0) is 14.3. The number of carbonyl (C=O) groups is 2. The molecule has 0 heterocycles. The molecule has 0 aliphatic carbocycles. The van der Waals surface area contributed by atoms with Gasteiger partial charge in [0, 0.05) is 6.54 Å². The first-order valence-electron chi connectivity index (χ1n) is 7.64. The van der Waals surface area contributed by atoms with E-state index in [4.69, 9.17) is 4.74 Å². The van der Waals surface area contributed by atoms with E-state index in [0.29, 0.717) is 19.6 Å². The van der Waals surface area contributed by atoms with Gasteiger partial charge in [-0.05, 0) is 13.3 Å². The van der Waals surface area contributed by atoms with Crippen LogP contribution in [-0.2, 0) is 9.53 Å². The van der Waals surface area contributed by atoms with Crippen LogP contribution in [0.2, 0.25) is 0 Å². The molecule has 112 valence electrons. The Morgan fingerprint density at radius 3 is 1.95 bits per heavy atom. The second-order valence-electron chi connectivity index (χ2n) is 4.83. The van der Waals surface area contributed by atoms with Crippen molar-refractivity contribution in [1.82, 2.24) is 4.90 Å². The number of nitrogens with zero attached hydrogens (tertiary/aromatic N) is 1. The summed E-state index contributed by atoms with van der Waals surface area (Å²) in [5.74, 6) is 0. The summed E-state index contributed by atoms with van der Waals surface area (Å²) in [6.45, 7) is 4.74. The number of unbranched alkanes of at least 4 members (excludes halogenated alkanes) is 8. The maximum atomic E-state index is 11.3. The van der Waals surface area contributed by atoms with Gasteiger partial charge in [0.15, 0.2) is 0 Å². The quantitative estimate of drug-likeness (QED) is 0.396. The molecule has 4 heteroatoms. The van der Waals surface area contributed by atoms with Crippen LogP contribution < -0.4 is 0 Å². The highest BCUT2D eigenvalue weighted by molar-refractivity contribution is 5.80. The summed E-state index contributed by atoms with van der Waals surface area (Å²) in [5, 5.41) is 0. The Morgan fingerprint density at radius 2 is 1.47 bits per heavy atom. The summed E-state index contributed by atoms with van der Waals surface area (Å²) >= 11 is 0. The second-order valence-corrected chi connectivity index (χ2v) is 4.83. The summed E-state index contributed by atoms with van der Waals surface area (Å²) in [6, 6.07) is 0. The van der Waals surface area contributed by atoms with E-state index in [1.54, 1.807) is 6.92 Å². The molecule has 0 saturated heterocycles. The molecule has 0 bridgehead atoms. The Morgan fingerprint density at radius 1 is 0.947 bits per heavy atom. The van der Waals surface area contributed by atoms with Gasteiger partial charge >= 0.3 is 6.09 Å². The summed E-state index contributed by atoms with van der Waals surface area (Å²) in [7, 11) is 0. The first kappa shape index (κ1) is 17.9. The van der Waals surface area contributed by atoms with Gasteiger partial charge in [-0.2, -0.15) is 0 Å². The topological polar surface area (TPSA) is 46.6 Å². The zero-order valence-electron chi connectivity index (χ0n) is 12.5. The van der Waals surface area contributed by atoms with Crippen molar-refractivity contribution < 1.29 is 14.3 Å². The van der Waals surface area contributed by atoms with Crippen LogP contribution >= 0.6 is 0 Å². The van der Waals surface area contributed by atoms with E-state index in [1.165, 1.54) is 44.9 Å². The number of rotatable bonds is 12. The van der Waals surface area contributed by atoms with Crippen molar-refractivity contribution in [2.45, 2.75) is 71.6 Å². The molecule has 0 aliphatic rings. The van der Waals surface area contributed by atoms with E-state index >= 15 is 0 Å². The molecule has 0 N–H and O–H groups in total. The SMILES string of the molecule is CCCCCCCCCCCN(C=O)C(=O)OCC. The first-order valence-corrected chi connectivity index (χ1v) is 7.64. The fourth-order valence-electron chi connectivity index (χ4n) is 1.99. The van der Waals surface area contributed by atoms with Gasteiger partial charge < -0.3 is 4.74 Å². The monoisotopic (exact) mass is 271 g/mol. The van der Waals surface area contributed by atoms with Gasteiger partial charge in [0.25, 0.3) is 0 Å². The fraction of sp³-hybridized carbons (Fsp3) is 0.867. The van der Waals surface area contributed by atoms with E-state index in [-0.39, 0.29) is 0 Å². The van der Waals surface area contributed by atoms with Crippen LogP contribution in [0.5, 0.6) is 0 Å². The average Bonchev–Trinajstić information content (AvgIpc) is 2.41. The molecule has 0 radical (unpaired) electrons. The number of ether oxygens (including phenoxy) is 1. The third-order valence-corrected chi connectivity index (χ3v) is 3.13. The van der Waals surface area contributed by atoms with Crippen molar-refractivity contribution in [2.24, 2.45) is 0 Å². The van der Waals surface area contributed by atoms with Crippen LogP contribution in [0.4, 0.5) is 4.79 Å². The van der Waals surface area contributed by atoms with E-state index in [0.717, 1.165) is 17.7 Å². The van der Waals surface area contributed by atoms with Gasteiger partial charge in [-0.25, -0.2) is 4.79 Å². The third-order valence-electron chi connectivity index (χ3n) is 3.13. The van der Waals surface area contributed by atoms with Crippen molar-refractivity contribution >= 4 is 12.5 Å². The number of hydrogen-bond donors (Lipinski definition) is 0. The molecule has 4 nitrogen and oxygen atoms in total. The lowest BCUT2D eigenvalue weighted by Crippen LogP contribution is -2.31. The number of amides is 2. The number of imide groups is 1. The minimum atomic E-state index is -0.530. The van der Waals surface area contributed by atoms with Crippen molar-refractivity contribution in [1.29, 1.82) is 0 Å². The largest absolute Gasteiger partial charge is 0.449 e. The second kappa shape index (κ2) is 13.4. The Balaban J connectivity index is 3.41. The van der Waals surface area contributed by atoms with Crippen molar-refractivity contribution in [3.05, 3.63) is 0 Å². The minimum Gasteiger partial charge on any atom is -0.449 e. The smallest absolute Gasteiger partial charge is 0.416 e. The molecule has 0 rings (SSSR count). The fourth-order valence-corrected chi connectivity index (χ4v) is 1.99. The van der Waals surface area contributed by atoms with Crippen LogP contribution in [0, 0.1) is 0 Å². The molecule has 0 unspecified atom stereocenters. The van der Waals surface area contributed by atoms with Gasteiger partial charge in [-0.3, -0.25) is 9.69 Å². The lowest BCUT2D eigenvalue weighted by Gasteiger charge is -2.14. The molecule has 0 spiro atoms. The van der Waals surface area contributed by atoms with Crippen LogP contribution in [0.25, 0.3) is 0 Å². The first-order chi connectivity index (χ1) is 9.26. The molecule has 0 saturated carbocycles. The molecule has 0 aliphatic heterocycles. The van der Waals surface area contributed by atoms with Gasteiger partial charge in [-0.1, -0.05) is 58.3 Å². The van der Waals surface area contributed by atoms with Gasteiger partial charge in [0.2, 0.25) is 6.41 Å². The molecule has 0 aromatic rings. The molecular weight excluding hydrogens is 242 g/mol. The highest BCUT2D eigenvalue weighted by atomic mass is 16.6. The average molecular weight is 271 g/mol. The van der Waals surface area contributed by atoms with Gasteiger partial charge in [0.1, 0.15) is 0 Å². The van der Waals surface area contributed by atoms with Gasteiger partial charge in [0.05, 0.1) is 6.61 Å². The van der Waals surface area contributed by atoms with Crippen molar-refractivity contribution in [2.75, 3.05) is 13.2 Å². The van der Waals surface area contributed by atoms with Crippen LogP contribution in [0.3, 0.4) is 0 Å². The lowest BCUT2D eigenvalue weighted by molar-refractivity contribution is -0.116. The third kappa shape index (κ3) is 10.5. The zero-order valence-corrected chi connectivity index (χ0v) is 12.5. The van der Waals surface area contributed by atoms with Gasteiger partial charge in [-0.15, -0.1) is 0 Å². The van der Waals surface area contributed by atoms with Crippen LogP contribution in [0.15, 0.2) is 0 Å². The van der Waals surface area contributed by atoms with Crippen molar-refractivity contribution in [3.8, 4) is 0 Å². The Bertz CT molecular complexity index is 231. The van der Waals surface area contributed by atoms with Crippen molar-refractivity contribution in [3.63, 3.8) is 0 Å².